The van der Waals surface area contributed by atoms with Crippen molar-refractivity contribution in [2.75, 3.05) is 11.9 Å². The molecule has 1 saturated heterocycles. The molecule has 2 amide bonds. The molecule has 6 nitrogen and oxygen atoms in total. The smallest absolute Gasteiger partial charge is 0.410 e. The number of rotatable bonds is 4. The maximum absolute atomic E-state index is 12.5. The molecule has 130 valence electrons. The summed E-state index contributed by atoms with van der Waals surface area (Å²) in [5.74, 6) is -0.334. The van der Waals surface area contributed by atoms with Gasteiger partial charge in [0.2, 0.25) is 5.91 Å². The van der Waals surface area contributed by atoms with Crippen LogP contribution in [0.1, 0.15) is 12.0 Å². The van der Waals surface area contributed by atoms with Crippen molar-refractivity contribution in [3.63, 3.8) is 0 Å². The topological polar surface area (TPSA) is 78.9 Å². The van der Waals surface area contributed by atoms with Crippen LogP contribution < -0.4 is 5.32 Å². The summed E-state index contributed by atoms with van der Waals surface area (Å²) < 4.78 is 5.29. The van der Waals surface area contributed by atoms with E-state index in [1.807, 2.05) is 48.5 Å². The molecule has 0 bridgehead atoms. The second-order valence-corrected chi connectivity index (χ2v) is 5.95. The highest BCUT2D eigenvalue weighted by atomic mass is 16.6. The highest BCUT2D eigenvalue weighted by Crippen LogP contribution is 2.21. The van der Waals surface area contributed by atoms with E-state index in [0.29, 0.717) is 5.69 Å². The normalized spacial score (nSPS) is 19.5. The molecule has 0 saturated carbocycles. The maximum Gasteiger partial charge on any atom is 0.410 e. The Hall–Kier alpha value is -2.86. The maximum atomic E-state index is 12.5. The van der Waals surface area contributed by atoms with Gasteiger partial charge in [0.15, 0.2) is 0 Å². The Balaban J connectivity index is 1.62. The van der Waals surface area contributed by atoms with E-state index >= 15 is 0 Å². The molecule has 25 heavy (non-hydrogen) atoms. The molecule has 2 aromatic carbocycles. The fraction of sp³-hybridized carbons (Fsp3) is 0.263. The lowest BCUT2D eigenvalue weighted by atomic mass is 10.2. The van der Waals surface area contributed by atoms with Crippen LogP contribution in [0.15, 0.2) is 60.7 Å². The van der Waals surface area contributed by atoms with Gasteiger partial charge in [-0.25, -0.2) is 4.79 Å². The number of aliphatic hydroxyl groups is 1. The quantitative estimate of drug-likeness (QED) is 0.896. The van der Waals surface area contributed by atoms with Gasteiger partial charge in [-0.3, -0.25) is 9.69 Å². The molecule has 6 heteroatoms. The average Bonchev–Trinajstić information content (AvgIpc) is 3.03. The molecule has 2 atom stereocenters. The number of likely N-dealkylation sites (tertiary alicyclic amines) is 1. The van der Waals surface area contributed by atoms with Gasteiger partial charge in [0.1, 0.15) is 12.6 Å². The number of nitrogens with one attached hydrogen (secondary N) is 1. The zero-order valence-corrected chi connectivity index (χ0v) is 13.7. The zero-order valence-electron chi connectivity index (χ0n) is 13.7. The summed E-state index contributed by atoms with van der Waals surface area (Å²) in [4.78, 5) is 26.1. The number of amides is 2. The molecule has 0 radical (unpaired) electrons. The van der Waals surface area contributed by atoms with Crippen molar-refractivity contribution in [3.8, 4) is 0 Å². The van der Waals surface area contributed by atoms with Crippen LogP contribution in [0.3, 0.4) is 0 Å². The van der Waals surface area contributed by atoms with Crippen molar-refractivity contribution >= 4 is 17.7 Å². The van der Waals surface area contributed by atoms with Gasteiger partial charge >= 0.3 is 6.09 Å². The molecule has 3 rings (SSSR count). The number of β-amino-alcohol motifs (C(OH)–C–C–N with tert-alkyl or cyclic N) is 1. The largest absolute Gasteiger partial charge is 0.445 e. The highest BCUT2D eigenvalue weighted by molar-refractivity contribution is 5.96. The molecule has 0 unspecified atom stereocenters. The van der Waals surface area contributed by atoms with Gasteiger partial charge in [-0.2, -0.15) is 0 Å². The summed E-state index contributed by atoms with van der Waals surface area (Å²) in [6, 6.07) is 17.6. The van der Waals surface area contributed by atoms with E-state index in [0.717, 1.165) is 5.56 Å². The van der Waals surface area contributed by atoms with Gasteiger partial charge in [0, 0.05) is 12.1 Å². The Morgan fingerprint density at radius 3 is 2.40 bits per heavy atom. The van der Waals surface area contributed by atoms with Crippen LogP contribution >= 0.6 is 0 Å². The zero-order chi connectivity index (χ0) is 17.6. The minimum Gasteiger partial charge on any atom is -0.445 e. The molecule has 1 aliphatic rings. The Kier molecular flexibility index (Phi) is 5.30. The lowest BCUT2D eigenvalue weighted by Gasteiger charge is -2.23. The molecular weight excluding hydrogens is 320 g/mol. The standard InChI is InChI=1S/C19H20N2O4/c22-16-11-17(18(23)20-15-9-5-2-6-10-15)21(12-16)19(24)25-13-14-7-3-1-4-8-14/h1-10,16-17,22H,11-13H2,(H,20,23)/t16-,17+/m0/s1. The summed E-state index contributed by atoms with van der Waals surface area (Å²) in [6.07, 6.45) is -1.15. The monoisotopic (exact) mass is 340 g/mol. The summed E-state index contributed by atoms with van der Waals surface area (Å²) >= 11 is 0. The third kappa shape index (κ3) is 4.36. The second kappa shape index (κ2) is 7.81. The molecule has 1 fully saturated rings. The summed E-state index contributed by atoms with van der Waals surface area (Å²) in [5.41, 5.74) is 1.51. The lowest BCUT2D eigenvalue weighted by molar-refractivity contribution is -0.120. The van der Waals surface area contributed by atoms with Crippen LogP contribution in [0.25, 0.3) is 0 Å². The number of ether oxygens (including phenoxy) is 1. The summed E-state index contributed by atoms with van der Waals surface area (Å²) in [7, 11) is 0. The van der Waals surface area contributed by atoms with Crippen molar-refractivity contribution in [1.82, 2.24) is 4.90 Å². The average molecular weight is 340 g/mol. The number of para-hydroxylation sites is 1. The number of anilines is 1. The van der Waals surface area contributed by atoms with Crippen LogP contribution in [0.5, 0.6) is 0 Å². The number of nitrogens with zero attached hydrogens (tertiary/aromatic N) is 1. The number of hydrogen-bond donors (Lipinski definition) is 2. The van der Waals surface area contributed by atoms with Crippen molar-refractivity contribution in [2.24, 2.45) is 0 Å². The fourth-order valence-corrected chi connectivity index (χ4v) is 2.81. The second-order valence-electron chi connectivity index (χ2n) is 5.95. The first-order chi connectivity index (χ1) is 12.1. The van der Waals surface area contributed by atoms with E-state index in [1.54, 1.807) is 12.1 Å². The Labute approximate surface area is 146 Å². The Bertz CT molecular complexity index is 721. The van der Waals surface area contributed by atoms with Gasteiger partial charge in [-0.15, -0.1) is 0 Å². The molecule has 2 aromatic rings. The van der Waals surface area contributed by atoms with E-state index < -0.39 is 18.2 Å². The number of carbonyl (C=O) groups is 2. The predicted molar refractivity (Wildman–Crippen MR) is 92.8 cm³/mol. The van der Waals surface area contributed by atoms with E-state index in [-0.39, 0.29) is 25.5 Å². The first-order valence-electron chi connectivity index (χ1n) is 8.15. The minimum atomic E-state index is -0.751. The Morgan fingerprint density at radius 1 is 1.08 bits per heavy atom. The van der Waals surface area contributed by atoms with Crippen molar-refractivity contribution in [1.29, 1.82) is 0 Å². The Morgan fingerprint density at radius 2 is 1.72 bits per heavy atom. The summed E-state index contributed by atoms with van der Waals surface area (Å²) in [6.45, 7) is 0.208. The molecule has 1 aliphatic heterocycles. The van der Waals surface area contributed by atoms with E-state index in [4.69, 9.17) is 4.74 Å². The molecule has 0 aromatic heterocycles. The van der Waals surface area contributed by atoms with Crippen LogP contribution in [0.2, 0.25) is 0 Å². The van der Waals surface area contributed by atoms with Crippen LogP contribution in [0, 0.1) is 0 Å². The first-order valence-corrected chi connectivity index (χ1v) is 8.15. The number of aliphatic hydroxyl groups excluding tert-OH is 1. The summed E-state index contributed by atoms with van der Waals surface area (Å²) in [5, 5.41) is 12.7. The number of carbonyl (C=O) groups excluding carboxylic acids is 2. The highest BCUT2D eigenvalue weighted by Gasteiger charge is 2.39. The van der Waals surface area contributed by atoms with Crippen molar-refractivity contribution in [3.05, 3.63) is 66.2 Å². The van der Waals surface area contributed by atoms with Crippen LogP contribution in [-0.4, -0.2) is 40.7 Å². The third-order valence-corrected chi connectivity index (χ3v) is 4.06. The number of benzene rings is 2. The number of hydrogen-bond acceptors (Lipinski definition) is 4. The molecule has 1 heterocycles. The molecule has 2 N–H and O–H groups in total. The lowest BCUT2D eigenvalue weighted by Crippen LogP contribution is -2.43. The van der Waals surface area contributed by atoms with Crippen molar-refractivity contribution in [2.45, 2.75) is 25.2 Å². The SMILES string of the molecule is O=C(Nc1ccccc1)[C@H]1C[C@H](O)CN1C(=O)OCc1ccccc1. The van der Waals surface area contributed by atoms with E-state index in [2.05, 4.69) is 5.32 Å². The van der Waals surface area contributed by atoms with Gasteiger partial charge < -0.3 is 15.2 Å². The van der Waals surface area contributed by atoms with Crippen LogP contribution in [-0.2, 0) is 16.1 Å². The van der Waals surface area contributed by atoms with Gasteiger partial charge in [-0.1, -0.05) is 48.5 Å². The predicted octanol–water partition coefficient (Wildman–Crippen LogP) is 2.40. The molecule has 0 spiro atoms. The van der Waals surface area contributed by atoms with Gasteiger partial charge in [0.25, 0.3) is 0 Å². The fourth-order valence-electron chi connectivity index (χ4n) is 2.81. The minimum absolute atomic E-state index is 0.0838. The van der Waals surface area contributed by atoms with E-state index in [9.17, 15) is 14.7 Å². The molecule has 0 aliphatic carbocycles. The first kappa shape index (κ1) is 17.0. The van der Waals surface area contributed by atoms with Crippen LogP contribution in [0.4, 0.5) is 10.5 Å². The van der Waals surface area contributed by atoms with Gasteiger partial charge in [-0.05, 0) is 17.7 Å². The molecular formula is C19H20N2O4. The van der Waals surface area contributed by atoms with E-state index in [1.165, 1.54) is 4.90 Å². The third-order valence-electron chi connectivity index (χ3n) is 4.06. The van der Waals surface area contributed by atoms with Gasteiger partial charge in [0.05, 0.1) is 12.6 Å². The van der Waals surface area contributed by atoms with Crippen molar-refractivity contribution < 1.29 is 19.4 Å².